The van der Waals surface area contributed by atoms with E-state index in [2.05, 4.69) is 31.1 Å². The van der Waals surface area contributed by atoms with Crippen LogP contribution in [0.3, 0.4) is 0 Å². The monoisotopic (exact) mass is 608 g/mol. The van der Waals surface area contributed by atoms with Gasteiger partial charge in [-0.2, -0.15) is 4.90 Å². The molecule has 1 aromatic heterocycles. The number of amides is 3. The molecule has 1 aliphatic rings. The maximum atomic E-state index is 12.8. The zero-order chi connectivity index (χ0) is 29.1. The quantitative estimate of drug-likeness (QED) is 0.425. The van der Waals surface area contributed by atoms with E-state index in [-0.39, 0.29) is 11.9 Å². The number of ether oxygens (including phenoxy) is 3. The van der Waals surface area contributed by atoms with Crippen LogP contribution in [-0.2, 0) is 16.0 Å². The molecule has 3 rings (SSSR count). The minimum absolute atomic E-state index is 0.0415. The SMILES string of the molecule is COc1cc(CN2CCC(NC(=O)OC(C)(C)C)CC2)cc2c(Br)cnc(N(C(=O)O)C(=O)OC(C)(C)C)c12. The highest BCUT2D eigenvalue weighted by Gasteiger charge is 2.32. The first-order chi connectivity index (χ1) is 18.1. The Hall–Kier alpha value is -3.12. The van der Waals surface area contributed by atoms with E-state index in [1.54, 1.807) is 20.8 Å². The average Bonchev–Trinajstić information content (AvgIpc) is 2.79. The fourth-order valence-electron chi connectivity index (χ4n) is 4.30. The van der Waals surface area contributed by atoms with Crippen LogP contribution >= 0.6 is 15.9 Å². The first kappa shape index (κ1) is 30.4. The van der Waals surface area contributed by atoms with E-state index in [0.29, 0.717) is 32.4 Å². The molecule has 12 heteroatoms. The Bertz CT molecular complexity index is 1230. The fraction of sp³-hybridized carbons (Fsp3) is 0.556. The number of piperidine rings is 1. The van der Waals surface area contributed by atoms with Crippen LogP contribution < -0.4 is 15.0 Å². The maximum Gasteiger partial charge on any atom is 0.425 e. The summed E-state index contributed by atoms with van der Waals surface area (Å²) in [5.74, 6) is 0.273. The number of carbonyl (C=O) groups excluding carboxylic acids is 2. The smallest absolute Gasteiger partial charge is 0.425 e. The molecule has 0 bridgehead atoms. The Kier molecular flexibility index (Phi) is 9.32. The number of alkyl carbamates (subject to hydrolysis) is 1. The Morgan fingerprint density at radius 3 is 2.26 bits per heavy atom. The number of likely N-dealkylation sites (tertiary alicyclic amines) is 1. The van der Waals surface area contributed by atoms with Crippen molar-refractivity contribution < 1.29 is 33.7 Å². The van der Waals surface area contributed by atoms with Crippen LogP contribution in [0, 0.1) is 0 Å². The lowest BCUT2D eigenvalue weighted by molar-refractivity contribution is 0.0475. The van der Waals surface area contributed by atoms with Crippen molar-refractivity contribution in [1.82, 2.24) is 15.2 Å². The number of methoxy groups -OCH3 is 1. The summed E-state index contributed by atoms with van der Waals surface area (Å²) >= 11 is 3.51. The number of nitrogens with zero attached hydrogens (tertiary/aromatic N) is 3. The predicted molar refractivity (Wildman–Crippen MR) is 150 cm³/mol. The van der Waals surface area contributed by atoms with Gasteiger partial charge in [0.25, 0.3) is 0 Å². The largest absolute Gasteiger partial charge is 0.496 e. The maximum absolute atomic E-state index is 12.8. The molecule has 11 nitrogen and oxygen atoms in total. The van der Waals surface area contributed by atoms with Gasteiger partial charge >= 0.3 is 18.3 Å². The molecule has 1 aromatic carbocycles. The van der Waals surface area contributed by atoms with Gasteiger partial charge in [-0.15, -0.1) is 0 Å². The third-order valence-corrected chi connectivity index (χ3v) is 6.49. The summed E-state index contributed by atoms with van der Waals surface area (Å²) in [6, 6.07) is 3.78. The highest BCUT2D eigenvalue weighted by molar-refractivity contribution is 9.10. The van der Waals surface area contributed by atoms with Crippen molar-refractivity contribution in [3.05, 3.63) is 28.4 Å². The van der Waals surface area contributed by atoms with Gasteiger partial charge in [-0.25, -0.2) is 19.4 Å². The van der Waals surface area contributed by atoms with E-state index in [4.69, 9.17) is 14.2 Å². The molecule has 39 heavy (non-hydrogen) atoms. The highest BCUT2D eigenvalue weighted by Crippen LogP contribution is 2.39. The number of fused-ring (bicyclic) bond motifs is 1. The molecule has 0 aliphatic carbocycles. The highest BCUT2D eigenvalue weighted by atomic mass is 79.9. The van der Waals surface area contributed by atoms with E-state index in [1.807, 2.05) is 32.9 Å². The van der Waals surface area contributed by atoms with Gasteiger partial charge in [0.05, 0.1) is 12.5 Å². The molecule has 0 spiro atoms. The van der Waals surface area contributed by atoms with E-state index in [0.717, 1.165) is 31.5 Å². The predicted octanol–water partition coefficient (Wildman–Crippen LogP) is 5.91. The van der Waals surface area contributed by atoms with E-state index >= 15 is 0 Å². The summed E-state index contributed by atoms with van der Waals surface area (Å²) in [5.41, 5.74) is -0.504. The topological polar surface area (TPSA) is 131 Å². The summed E-state index contributed by atoms with van der Waals surface area (Å²) in [7, 11) is 1.48. The molecule has 0 atom stereocenters. The Morgan fingerprint density at radius 2 is 1.72 bits per heavy atom. The molecule has 2 aromatic rings. The van der Waals surface area contributed by atoms with Crippen molar-refractivity contribution in [2.24, 2.45) is 0 Å². The molecule has 214 valence electrons. The van der Waals surface area contributed by atoms with Crippen molar-refractivity contribution in [2.45, 2.75) is 78.2 Å². The first-order valence-corrected chi connectivity index (χ1v) is 13.5. The molecular weight excluding hydrogens is 572 g/mol. The summed E-state index contributed by atoms with van der Waals surface area (Å²) in [6.07, 6.45) is 0.0384. The van der Waals surface area contributed by atoms with Crippen LogP contribution in [0.4, 0.5) is 20.2 Å². The van der Waals surface area contributed by atoms with Crippen LogP contribution in [-0.4, -0.2) is 70.7 Å². The van der Waals surface area contributed by atoms with Gasteiger partial charge in [-0.1, -0.05) is 0 Å². The molecule has 0 radical (unpaired) electrons. The molecule has 0 saturated carbocycles. The van der Waals surface area contributed by atoms with E-state index < -0.39 is 29.5 Å². The third-order valence-electron chi connectivity index (χ3n) is 5.86. The number of nitrogens with one attached hydrogen (secondary N) is 1. The zero-order valence-electron chi connectivity index (χ0n) is 23.5. The number of carbonyl (C=O) groups is 3. The number of benzene rings is 1. The second kappa shape index (κ2) is 12.0. The van der Waals surface area contributed by atoms with Crippen molar-refractivity contribution in [1.29, 1.82) is 0 Å². The molecule has 3 amide bonds. The number of rotatable bonds is 5. The van der Waals surface area contributed by atoms with Gasteiger partial charge in [0, 0.05) is 41.7 Å². The number of halogens is 1. The van der Waals surface area contributed by atoms with Gasteiger partial charge < -0.3 is 24.6 Å². The average molecular weight is 610 g/mol. The second-order valence-electron chi connectivity index (χ2n) is 11.4. The lowest BCUT2D eigenvalue weighted by atomic mass is 10.0. The van der Waals surface area contributed by atoms with Crippen molar-refractivity contribution in [2.75, 3.05) is 25.1 Å². The number of hydrogen-bond acceptors (Lipinski definition) is 8. The summed E-state index contributed by atoms with van der Waals surface area (Å²) in [4.78, 5) is 44.1. The number of carboxylic acid groups (broad SMARTS) is 1. The summed E-state index contributed by atoms with van der Waals surface area (Å²) < 4.78 is 17.0. The number of hydrogen-bond donors (Lipinski definition) is 2. The standard InChI is InChI=1S/C27H37BrN4O7/c1-26(2,3)38-23(33)30-17-8-10-31(11-9-17)15-16-12-18-19(28)14-29-22(21(18)20(13-16)37-7)32(24(34)35)25(36)39-27(4,5)6/h12-14,17H,8-11,15H2,1-7H3,(H,30,33)(H,34,35). The normalized spacial score (nSPS) is 15.1. The summed E-state index contributed by atoms with van der Waals surface area (Å²) in [6.45, 7) is 12.6. The Balaban J connectivity index is 1.84. The summed E-state index contributed by atoms with van der Waals surface area (Å²) in [5, 5.41) is 13.8. The number of pyridine rings is 1. The molecule has 1 aliphatic heterocycles. The minimum Gasteiger partial charge on any atom is -0.496 e. The number of anilines is 1. The van der Waals surface area contributed by atoms with Crippen molar-refractivity contribution >= 4 is 50.8 Å². The van der Waals surface area contributed by atoms with E-state index in [1.165, 1.54) is 13.3 Å². The van der Waals surface area contributed by atoms with Gasteiger partial charge in [0.1, 0.15) is 17.0 Å². The molecule has 2 N–H and O–H groups in total. The van der Waals surface area contributed by atoms with Crippen molar-refractivity contribution in [3.8, 4) is 5.75 Å². The molecule has 2 heterocycles. The van der Waals surface area contributed by atoms with Crippen LogP contribution in [0.15, 0.2) is 22.8 Å². The number of aromatic nitrogens is 1. The van der Waals surface area contributed by atoms with E-state index in [9.17, 15) is 19.5 Å². The van der Waals surface area contributed by atoms with Crippen molar-refractivity contribution in [3.63, 3.8) is 0 Å². The van der Waals surface area contributed by atoms with Crippen LogP contribution in [0.2, 0.25) is 0 Å². The van der Waals surface area contributed by atoms with Crippen LogP contribution in [0.5, 0.6) is 5.75 Å². The molecule has 1 fully saturated rings. The molecule has 1 saturated heterocycles. The van der Waals surface area contributed by atoms with Gasteiger partial charge in [0.2, 0.25) is 0 Å². The first-order valence-electron chi connectivity index (χ1n) is 12.7. The number of imide groups is 1. The third kappa shape index (κ3) is 8.18. The molecular formula is C27H37BrN4O7. The van der Waals surface area contributed by atoms with Crippen LogP contribution in [0.25, 0.3) is 10.8 Å². The fourth-order valence-corrected chi connectivity index (χ4v) is 4.71. The minimum atomic E-state index is -1.52. The van der Waals surface area contributed by atoms with Gasteiger partial charge in [-0.05, 0) is 88.0 Å². The van der Waals surface area contributed by atoms with Gasteiger partial charge in [-0.3, -0.25) is 4.90 Å². The Morgan fingerprint density at radius 1 is 1.10 bits per heavy atom. The second-order valence-corrected chi connectivity index (χ2v) is 12.3. The Labute approximate surface area is 236 Å². The van der Waals surface area contributed by atoms with Crippen LogP contribution in [0.1, 0.15) is 59.9 Å². The molecule has 0 unspecified atom stereocenters. The van der Waals surface area contributed by atoms with Gasteiger partial charge in [0.15, 0.2) is 5.82 Å². The zero-order valence-corrected chi connectivity index (χ0v) is 25.0. The lowest BCUT2D eigenvalue weighted by Gasteiger charge is -2.33. The lowest BCUT2D eigenvalue weighted by Crippen LogP contribution is -2.45.